The first-order valence-electron chi connectivity index (χ1n) is 10.6. The Morgan fingerprint density at radius 1 is 1.03 bits per heavy atom. The van der Waals surface area contributed by atoms with E-state index in [1.54, 1.807) is 13.8 Å². The third-order valence-corrected chi connectivity index (χ3v) is 5.87. The maximum absolute atomic E-state index is 12.4. The predicted octanol–water partition coefficient (Wildman–Crippen LogP) is 3.70. The Kier molecular flexibility index (Phi) is 7.30. The monoisotopic (exact) mass is 436 g/mol. The first-order chi connectivity index (χ1) is 15.3. The van der Waals surface area contributed by atoms with Crippen LogP contribution in [0.25, 0.3) is 11.1 Å². The summed E-state index contributed by atoms with van der Waals surface area (Å²) in [4.78, 5) is 35.5. The fraction of sp³-hybridized carbons (Fsp3) is 0.320. The summed E-state index contributed by atoms with van der Waals surface area (Å²) in [7, 11) is 0. The maximum atomic E-state index is 12.4. The maximum Gasteiger partial charge on any atom is 0.407 e. The number of carbonyl (C=O) groups is 3. The van der Waals surface area contributed by atoms with Gasteiger partial charge >= 0.3 is 12.1 Å². The van der Waals surface area contributed by atoms with Gasteiger partial charge in [0, 0.05) is 24.1 Å². The van der Waals surface area contributed by atoms with E-state index in [4.69, 9.17) is 9.84 Å². The summed E-state index contributed by atoms with van der Waals surface area (Å²) >= 11 is 0. The lowest BCUT2D eigenvalue weighted by Gasteiger charge is -2.21. The first kappa shape index (κ1) is 23.1. The van der Waals surface area contributed by atoms with Gasteiger partial charge in [-0.05, 0) is 36.1 Å². The normalized spacial score (nSPS) is 14.7. The van der Waals surface area contributed by atoms with E-state index in [1.807, 2.05) is 24.3 Å². The molecule has 0 spiro atoms. The highest BCUT2D eigenvalue weighted by Crippen LogP contribution is 2.44. The molecule has 0 aromatic heterocycles. The van der Waals surface area contributed by atoms with Crippen LogP contribution in [0.5, 0.6) is 0 Å². The standard InChI is InChI=1S/C25H28N2O5/c1-15(24(29)30)12-13-26-23(28)16(2)17(3)27-25(31)32-14-22-20-10-6-4-8-18(20)19-9-5-7-11-21(19)22/h4-12,16-17,22H,13-14H2,1-3H3,(H,26,28)(H,27,31)(H,29,30)/b15-12+. The van der Waals surface area contributed by atoms with Gasteiger partial charge in [0.1, 0.15) is 6.61 Å². The zero-order valence-corrected chi connectivity index (χ0v) is 18.4. The van der Waals surface area contributed by atoms with Crippen LogP contribution in [0.2, 0.25) is 0 Å². The molecule has 0 heterocycles. The summed E-state index contributed by atoms with van der Waals surface area (Å²) < 4.78 is 5.52. The number of alkyl carbamates (subject to hydrolysis) is 1. The lowest BCUT2D eigenvalue weighted by molar-refractivity contribution is -0.132. The van der Waals surface area contributed by atoms with Gasteiger partial charge in [-0.15, -0.1) is 0 Å². The first-order valence-corrected chi connectivity index (χ1v) is 10.6. The molecular formula is C25H28N2O5. The van der Waals surface area contributed by atoms with E-state index in [2.05, 4.69) is 34.9 Å². The zero-order valence-electron chi connectivity index (χ0n) is 18.4. The number of amides is 2. The van der Waals surface area contributed by atoms with Crippen molar-refractivity contribution in [3.8, 4) is 11.1 Å². The molecule has 2 aromatic carbocycles. The molecule has 0 aliphatic heterocycles. The largest absolute Gasteiger partial charge is 0.478 e. The molecule has 0 saturated carbocycles. The van der Waals surface area contributed by atoms with Crippen LogP contribution in [0.15, 0.2) is 60.2 Å². The molecule has 1 aliphatic carbocycles. The van der Waals surface area contributed by atoms with Gasteiger partial charge in [-0.3, -0.25) is 4.79 Å². The van der Waals surface area contributed by atoms with Gasteiger partial charge in [-0.1, -0.05) is 61.5 Å². The molecule has 0 radical (unpaired) electrons. The Labute approximate surface area is 187 Å². The number of fused-ring (bicyclic) bond motifs is 3. The van der Waals surface area contributed by atoms with Gasteiger partial charge in [-0.2, -0.15) is 0 Å². The third kappa shape index (κ3) is 5.17. The van der Waals surface area contributed by atoms with Crippen LogP contribution in [0.1, 0.15) is 37.8 Å². The number of rotatable bonds is 8. The minimum atomic E-state index is -1.03. The van der Waals surface area contributed by atoms with E-state index in [-0.39, 0.29) is 30.5 Å². The number of hydrogen-bond acceptors (Lipinski definition) is 4. The van der Waals surface area contributed by atoms with Crippen LogP contribution >= 0.6 is 0 Å². The van der Waals surface area contributed by atoms with E-state index >= 15 is 0 Å². The van der Waals surface area contributed by atoms with Crippen LogP contribution < -0.4 is 10.6 Å². The summed E-state index contributed by atoms with van der Waals surface area (Å²) in [6.07, 6.45) is 0.844. The fourth-order valence-electron chi connectivity index (χ4n) is 3.73. The Morgan fingerprint density at radius 2 is 1.59 bits per heavy atom. The number of ether oxygens (including phenoxy) is 1. The second-order valence-electron chi connectivity index (χ2n) is 7.98. The molecule has 0 bridgehead atoms. The molecule has 168 valence electrons. The average Bonchev–Trinajstić information content (AvgIpc) is 3.10. The molecule has 32 heavy (non-hydrogen) atoms. The van der Waals surface area contributed by atoms with Crippen molar-refractivity contribution in [3.05, 3.63) is 71.3 Å². The number of carbonyl (C=O) groups excluding carboxylic acids is 2. The van der Waals surface area contributed by atoms with Crippen LogP contribution in [0, 0.1) is 5.92 Å². The van der Waals surface area contributed by atoms with Gasteiger partial charge in [0.2, 0.25) is 5.91 Å². The second-order valence-corrected chi connectivity index (χ2v) is 7.98. The van der Waals surface area contributed by atoms with Crippen molar-refractivity contribution in [1.82, 2.24) is 10.6 Å². The van der Waals surface area contributed by atoms with E-state index in [0.717, 1.165) is 22.3 Å². The van der Waals surface area contributed by atoms with E-state index in [1.165, 1.54) is 13.0 Å². The van der Waals surface area contributed by atoms with Crippen molar-refractivity contribution >= 4 is 18.0 Å². The number of carboxylic acids is 1. The van der Waals surface area contributed by atoms with E-state index < -0.39 is 24.0 Å². The molecule has 7 heteroatoms. The molecule has 3 N–H and O–H groups in total. The Hall–Kier alpha value is -3.61. The minimum absolute atomic E-state index is 0.0339. The van der Waals surface area contributed by atoms with Gasteiger partial charge in [-0.25, -0.2) is 9.59 Å². The van der Waals surface area contributed by atoms with Crippen LogP contribution in [-0.4, -0.2) is 42.3 Å². The van der Waals surface area contributed by atoms with Crippen molar-refractivity contribution < 1.29 is 24.2 Å². The van der Waals surface area contributed by atoms with Crippen LogP contribution in [0.4, 0.5) is 4.79 Å². The van der Waals surface area contributed by atoms with Crippen molar-refractivity contribution in [2.45, 2.75) is 32.7 Å². The fourth-order valence-corrected chi connectivity index (χ4v) is 3.73. The quantitative estimate of drug-likeness (QED) is 0.548. The Balaban J connectivity index is 1.53. The number of hydrogen-bond donors (Lipinski definition) is 3. The van der Waals surface area contributed by atoms with Crippen molar-refractivity contribution in [2.75, 3.05) is 13.2 Å². The number of benzene rings is 2. The average molecular weight is 437 g/mol. The Bertz CT molecular complexity index is 1000. The zero-order chi connectivity index (χ0) is 23.3. The van der Waals surface area contributed by atoms with Crippen LogP contribution in [0.3, 0.4) is 0 Å². The summed E-state index contributed by atoms with van der Waals surface area (Å²) in [6.45, 7) is 5.19. The molecule has 0 fully saturated rings. The highest BCUT2D eigenvalue weighted by Gasteiger charge is 2.29. The smallest absolute Gasteiger partial charge is 0.407 e. The summed E-state index contributed by atoms with van der Waals surface area (Å²) in [6, 6.07) is 15.7. The molecule has 2 amide bonds. The third-order valence-electron chi connectivity index (χ3n) is 5.87. The minimum Gasteiger partial charge on any atom is -0.478 e. The Morgan fingerprint density at radius 3 is 2.16 bits per heavy atom. The molecule has 0 saturated heterocycles. The van der Waals surface area contributed by atoms with Crippen molar-refractivity contribution in [2.24, 2.45) is 5.92 Å². The molecule has 2 aromatic rings. The van der Waals surface area contributed by atoms with Crippen LogP contribution in [-0.2, 0) is 14.3 Å². The van der Waals surface area contributed by atoms with Gasteiger partial charge in [0.05, 0.1) is 5.92 Å². The summed E-state index contributed by atoms with van der Waals surface area (Å²) in [5.41, 5.74) is 4.73. The van der Waals surface area contributed by atoms with Crippen molar-refractivity contribution in [1.29, 1.82) is 0 Å². The number of carboxylic acid groups (broad SMARTS) is 1. The van der Waals surface area contributed by atoms with E-state index in [0.29, 0.717) is 0 Å². The second kappa shape index (κ2) is 10.1. The summed E-state index contributed by atoms with van der Waals surface area (Å²) in [5, 5.41) is 14.2. The highest BCUT2D eigenvalue weighted by atomic mass is 16.5. The topological polar surface area (TPSA) is 105 Å². The molecule has 2 unspecified atom stereocenters. The van der Waals surface area contributed by atoms with Crippen molar-refractivity contribution in [3.63, 3.8) is 0 Å². The van der Waals surface area contributed by atoms with Gasteiger partial charge < -0.3 is 20.5 Å². The van der Waals surface area contributed by atoms with E-state index in [9.17, 15) is 14.4 Å². The SMILES string of the molecule is C/C(=C\CNC(=O)C(C)C(C)NC(=O)OCC1c2ccccc2-c2ccccc21)C(=O)O. The van der Waals surface area contributed by atoms with Gasteiger partial charge in [0.25, 0.3) is 0 Å². The van der Waals surface area contributed by atoms with Gasteiger partial charge in [0.15, 0.2) is 0 Å². The number of aliphatic carboxylic acids is 1. The lowest BCUT2D eigenvalue weighted by atomic mass is 9.98. The lowest BCUT2D eigenvalue weighted by Crippen LogP contribution is -2.44. The predicted molar refractivity (Wildman–Crippen MR) is 121 cm³/mol. The molecular weight excluding hydrogens is 408 g/mol. The highest BCUT2D eigenvalue weighted by molar-refractivity contribution is 5.86. The molecule has 7 nitrogen and oxygen atoms in total. The molecule has 2 atom stereocenters. The number of nitrogens with one attached hydrogen (secondary N) is 2. The molecule has 1 aliphatic rings. The molecule has 3 rings (SSSR count). The summed E-state index contributed by atoms with van der Waals surface area (Å²) in [5.74, 6) is -1.87.